The van der Waals surface area contributed by atoms with Gasteiger partial charge in [-0.3, -0.25) is 24.7 Å². The van der Waals surface area contributed by atoms with Crippen LogP contribution in [0.3, 0.4) is 0 Å². The van der Waals surface area contributed by atoms with Gasteiger partial charge in [0.2, 0.25) is 5.91 Å². The maximum Gasteiger partial charge on any atom is 0.328 e. The maximum atomic E-state index is 13.2. The van der Waals surface area contributed by atoms with Crippen molar-refractivity contribution in [2.24, 2.45) is 5.92 Å². The molecule has 1 aromatic carbocycles. The molecule has 1 N–H and O–H groups in total. The van der Waals surface area contributed by atoms with Crippen LogP contribution in [-0.2, 0) is 9.53 Å². The molecular formula is C27H41N5O5. The molecule has 3 aliphatic rings. The Balaban J connectivity index is 1.23. The third kappa shape index (κ3) is 7.21. The lowest BCUT2D eigenvalue weighted by molar-refractivity contribution is -0.120. The van der Waals surface area contributed by atoms with Crippen molar-refractivity contribution in [2.75, 3.05) is 77.5 Å². The average Bonchev–Trinajstić information content (AvgIpc) is 2.89. The molecule has 0 aromatic heterocycles. The van der Waals surface area contributed by atoms with Gasteiger partial charge in [0.15, 0.2) is 0 Å². The van der Waals surface area contributed by atoms with Crippen molar-refractivity contribution in [3.8, 4) is 5.75 Å². The monoisotopic (exact) mass is 515 g/mol. The minimum atomic E-state index is -0.505. The summed E-state index contributed by atoms with van der Waals surface area (Å²) in [5.41, 5.74) is 0.984. The van der Waals surface area contributed by atoms with Crippen LogP contribution in [0.25, 0.3) is 0 Å². The molecule has 0 radical (unpaired) electrons. The van der Waals surface area contributed by atoms with Crippen LogP contribution in [0.15, 0.2) is 18.2 Å². The zero-order chi connectivity index (χ0) is 26.4. The number of carbonyl (C=O) groups excluding carboxylic acids is 3. The summed E-state index contributed by atoms with van der Waals surface area (Å²) < 4.78 is 11.6. The van der Waals surface area contributed by atoms with E-state index in [-0.39, 0.29) is 30.9 Å². The SMILES string of the molecule is COc1ccc(C(=O)N2CCC(OCCN3CCN(CC(C)C)CC3)CC2)cc1N1CCC(=O)NC1=O. The van der Waals surface area contributed by atoms with Gasteiger partial charge < -0.3 is 19.3 Å². The van der Waals surface area contributed by atoms with E-state index in [1.54, 1.807) is 18.2 Å². The second-order valence-electron chi connectivity index (χ2n) is 10.5. The number of methoxy groups -OCH3 is 1. The second kappa shape index (κ2) is 12.7. The molecule has 3 fully saturated rings. The molecule has 4 amide bonds. The second-order valence-corrected chi connectivity index (χ2v) is 10.5. The van der Waals surface area contributed by atoms with Gasteiger partial charge in [0.05, 0.1) is 25.5 Å². The van der Waals surface area contributed by atoms with Crippen LogP contribution in [0.1, 0.15) is 43.5 Å². The number of hydrogen-bond donors (Lipinski definition) is 1. The molecule has 1 aromatic rings. The van der Waals surface area contributed by atoms with Crippen molar-refractivity contribution in [1.82, 2.24) is 20.0 Å². The molecule has 0 unspecified atom stereocenters. The van der Waals surface area contributed by atoms with Crippen molar-refractivity contribution in [1.29, 1.82) is 0 Å². The summed E-state index contributed by atoms with van der Waals surface area (Å²) in [5.74, 6) is 0.814. The van der Waals surface area contributed by atoms with E-state index in [1.165, 1.54) is 18.6 Å². The number of ether oxygens (including phenoxy) is 2. The molecule has 0 aliphatic carbocycles. The summed E-state index contributed by atoms with van der Waals surface area (Å²) in [6.07, 6.45) is 2.00. The summed E-state index contributed by atoms with van der Waals surface area (Å²) in [6, 6.07) is 4.60. The number of nitrogens with zero attached hydrogens (tertiary/aromatic N) is 4. The lowest BCUT2D eigenvalue weighted by atomic mass is 10.1. The third-order valence-corrected chi connectivity index (χ3v) is 7.35. The van der Waals surface area contributed by atoms with Gasteiger partial charge >= 0.3 is 6.03 Å². The van der Waals surface area contributed by atoms with Crippen molar-refractivity contribution < 1.29 is 23.9 Å². The fourth-order valence-corrected chi connectivity index (χ4v) is 5.30. The normalized spacial score (nSPS) is 20.4. The van der Waals surface area contributed by atoms with Crippen LogP contribution in [0.5, 0.6) is 5.75 Å². The van der Waals surface area contributed by atoms with Crippen molar-refractivity contribution in [3.05, 3.63) is 23.8 Å². The maximum absolute atomic E-state index is 13.2. The Morgan fingerprint density at radius 3 is 2.38 bits per heavy atom. The molecule has 0 bridgehead atoms. The highest BCUT2D eigenvalue weighted by Crippen LogP contribution is 2.31. The smallest absolute Gasteiger partial charge is 0.328 e. The van der Waals surface area contributed by atoms with Gasteiger partial charge in [0.25, 0.3) is 5.91 Å². The Labute approximate surface area is 219 Å². The summed E-state index contributed by atoms with van der Waals surface area (Å²) in [7, 11) is 1.52. The van der Waals surface area contributed by atoms with Gasteiger partial charge in [-0.1, -0.05) is 13.8 Å². The first-order valence-electron chi connectivity index (χ1n) is 13.5. The lowest BCUT2D eigenvalue weighted by Crippen LogP contribution is -2.49. The minimum Gasteiger partial charge on any atom is -0.495 e. The van der Waals surface area contributed by atoms with Gasteiger partial charge in [-0.05, 0) is 37.0 Å². The third-order valence-electron chi connectivity index (χ3n) is 7.35. The number of anilines is 1. The predicted octanol–water partition coefficient (Wildman–Crippen LogP) is 2.04. The number of hydrogen-bond acceptors (Lipinski definition) is 7. The highest BCUT2D eigenvalue weighted by atomic mass is 16.5. The minimum absolute atomic E-state index is 0.0740. The van der Waals surface area contributed by atoms with E-state index in [0.717, 1.165) is 52.2 Å². The van der Waals surface area contributed by atoms with Crippen LogP contribution in [0.2, 0.25) is 0 Å². The number of amides is 4. The van der Waals surface area contributed by atoms with Gasteiger partial charge in [0.1, 0.15) is 5.75 Å². The Morgan fingerprint density at radius 2 is 1.73 bits per heavy atom. The fourth-order valence-electron chi connectivity index (χ4n) is 5.30. The van der Waals surface area contributed by atoms with E-state index in [4.69, 9.17) is 9.47 Å². The summed E-state index contributed by atoms with van der Waals surface area (Å²) in [5, 5.41) is 2.32. The predicted molar refractivity (Wildman–Crippen MR) is 141 cm³/mol. The molecule has 10 nitrogen and oxygen atoms in total. The molecule has 37 heavy (non-hydrogen) atoms. The number of rotatable bonds is 9. The van der Waals surface area contributed by atoms with E-state index >= 15 is 0 Å². The molecule has 3 saturated heterocycles. The molecule has 3 aliphatic heterocycles. The number of urea groups is 1. The molecule has 10 heteroatoms. The first-order chi connectivity index (χ1) is 17.8. The Hall–Kier alpha value is -2.69. The number of piperidine rings is 1. The van der Waals surface area contributed by atoms with Crippen LogP contribution >= 0.6 is 0 Å². The van der Waals surface area contributed by atoms with Crippen LogP contribution in [-0.4, -0.2) is 111 Å². The zero-order valence-corrected chi connectivity index (χ0v) is 22.4. The molecule has 0 spiro atoms. The van der Waals surface area contributed by atoms with Crippen molar-refractivity contribution >= 4 is 23.5 Å². The van der Waals surface area contributed by atoms with Crippen molar-refractivity contribution in [3.63, 3.8) is 0 Å². The highest BCUT2D eigenvalue weighted by Gasteiger charge is 2.29. The zero-order valence-electron chi connectivity index (χ0n) is 22.4. The van der Waals surface area contributed by atoms with E-state index in [9.17, 15) is 14.4 Å². The molecular weight excluding hydrogens is 474 g/mol. The fraction of sp³-hybridized carbons (Fsp3) is 0.667. The topological polar surface area (TPSA) is 94.7 Å². The number of carbonyl (C=O) groups is 3. The number of nitrogens with one attached hydrogen (secondary N) is 1. The summed E-state index contributed by atoms with van der Waals surface area (Å²) >= 11 is 0. The van der Waals surface area contributed by atoms with E-state index in [2.05, 4.69) is 29.0 Å². The number of benzene rings is 1. The number of imide groups is 1. The molecule has 0 atom stereocenters. The van der Waals surface area contributed by atoms with E-state index in [0.29, 0.717) is 36.0 Å². The van der Waals surface area contributed by atoms with Crippen LogP contribution in [0.4, 0.5) is 10.5 Å². The van der Waals surface area contributed by atoms with E-state index < -0.39 is 6.03 Å². The van der Waals surface area contributed by atoms with Gasteiger partial charge in [-0.15, -0.1) is 0 Å². The van der Waals surface area contributed by atoms with Gasteiger partial charge in [0, 0.05) is 70.9 Å². The summed E-state index contributed by atoms with van der Waals surface area (Å²) in [6.45, 7) is 13.4. The largest absolute Gasteiger partial charge is 0.495 e. The first kappa shape index (κ1) is 27.3. The van der Waals surface area contributed by atoms with Gasteiger partial charge in [-0.2, -0.15) is 0 Å². The Kier molecular flexibility index (Phi) is 9.39. The molecule has 3 heterocycles. The molecule has 4 rings (SSSR count). The first-order valence-corrected chi connectivity index (χ1v) is 13.5. The number of likely N-dealkylation sites (tertiary alicyclic amines) is 1. The number of piperazine rings is 1. The molecule has 204 valence electrons. The Bertz CT molecular complexity index is 955. The average molecular weight is 516 g/mol. The van der Waals surface area contributed by atoms with Crippen LogP contribution in [0, 0.1) is 5.92 Å². The van der Waals surface area contributed by atoms with E-state index in [1.807, 2.05) is 4.90 Å². The van der Waals surface area contributed by atoms with Crippen LogP contribution < -0.4 is 15.0 Å². The Morgan fingerprint density at radius 1 is 1.03 bits per heavy atom. The van der Waals surface area contributed by atoms with Crippen molar-refractivity contribution in [2.45, 2.75) is 39.2 Å². The highest BCUT2D eigenvalue weighted by molar-refractivity contribution is 6.07. The lowest BCUT2D eigenvalue weighted by Gasteiger charge is -2.36. The quantitative estimate of drug-likeness (QED) is 0.538. The standard InChI is InChI=1S/C27H41N5O5/c1-20(2)19-30-14-12-29(13-15-30)16-17-37-22-6-9-31(10-7-22)26(34)21-4-5-24(36-3)23(18-21)32-11-8-25(33)28-27(32)35/h4-5,18,20,22H,6-17,19H2,1-3H3,(H,28,33,35). The molecule has 0 saturated carbocycles. The summed E-state index contributed by atoms with van der Waals surface area (Å²) in [4.78, 5) is 45.5. The van der Waals surface area contributed by atoms with Gasteiger partial charge in [-0.25, -0.2) is 4.79 Å².